The van der Waals surface area contributed by atoms with Gasteiger partial charge in [-0.2, -0.15) is 0 Å². The smallest absolute Gasteiger partial charge is 0.306 e. The Bertz CT molecular complexity index is 1150. The molecule has 4 atom stereocenters. The van der Waals surface area contributed by atoms with Crippen molar-refractivity contribution in [1.29, 1.82) is 0 Å². The molecule has 1 aliphatic rings. The molecular weight excluding hydrogens is 717 g/mol. The van der Waals surface area contributed by atoms with Crippen LogP contribution in [0.15, 0.2) is 48.6 Å². The molecule has 11 heteroatoms. The number of phosphoric ester groups is 1. The lowest BCUT2D eigenvalue weighted by Crippen LogP contribution is -2.37. The first kappa shape index (κ1) is 50.9. The van der Waals surface area contributed by atoms with Crippen molar-refractivity contribution >= 4 is 19.8 Å². The largest absolute Gasteiger partial charge is 0.756 e. The molecule has 0 amide bonds. The number of phosphoric acid groups is 1. The van der Waals surface area contributed by atoms with E-state index >= 15 is 0 Å². The molecule has 0 bridgehead atoms. The third kappa shape index (κ3) is 33.8. The highest BCUT2D eigenvalue weighted by Gasteiger charge is 2.36. The first-order valence-electron chi connectivity index (χ1n) is 21.5. The lowest BCUT2D eigenvalue weighted by Gasteiger charge is -2.28. The number of hydrogen-bond acceptors (Lipinski definition) is 9. The molecule has 0 saturated carbocycles. The summed E-state index contributed by atoms with van der Waals surface area (Å²) in [7, 11) is 1.13. The van der Waals surface area contributed by atoms with Gasteiger partial charge < -0.3 is 32.6 Å². The number of quaternary nitrogens is 1. The Balaban J connectivity index is 2.32. The lowest BCUT2D eigenvalue weighted by molar-refractivity contribution is -0.870. The van der Waals surface area contributed by atoms with Crippen molar-refractivity contribution in [2.45, 2.75) is 173 Å². The molecule has 0 aromatic rings. The van der Waals surface area contributed by atoms with E-state index < -0.39 is 32.5 Å². The minimum absolute atomic E-state index is 0.0414. The molecule has 55 heavy (non-hydrogen) atoms. The minimum Gasteiger partial charge on any atom is -0.756 e. The summed E-state index contributed by atoms with van der Waals surface area (Å²) in [5, 5.41) is 0. The number of carbonyl (C=O) groups is 2. The van der Waals surface area contributed by atoms with Crippen LogP contribution in [0.3, 0.4) is 0 Å². The van der Waals surface area contributed by atoms with Gasteiger partial charge in [0.1, 0.15) is 19.8 Å². The van der Waals surface area contributed by atoms with Gasteiger partial charge in [0.25, 0.3) is 7.82 Å². The Morgan fingerprint density at radius 2 is 1.27 bits per heavy atom. The third-order valence-electron chi connectivity index (χ3n) is 9.26. The van der Waals surface area contributed by atoms with Gasteiger partial charge in [0.2, 0.25) is 0 Å². The maximum Gasteiger partial charge on any atom is 0.306 e. The summed E-state index contributed by atoms with van der Waals surface area (Å²) in [6.45, 7) is 4.02. The molecule has 0 aliphatic carbocycles. The number of unbranched alkanes of at least 4 members (excludes halogenated alkanes) is 12. The zero-order chi connectivity index (χ0) is 40.5. The zero-order valence-corrected chi connectivity index (χ0v) is 36.2. The van der Waals surface area contributed by atoms with Gasteiger partial charge in [-0.05, 0) is 70.6 Å². The second-order valence-corrected chi connectivity index (χ2v) is 17.1. The van der Waals surface area contributed by atoms with E-state index in [1.54, 1.807) is 0 Å². The number of allylic oxidation sites excluding steroid dienone is 7. The van der Waals surface area contributed by atoms with E-state index in [2.05, 4.69) is 62.5 Å². The second kappa shape index (κ2) is 33.0. The molecule has 1 rings (SSSR count). The van der Waals surface area contributed by atoms with Crippen molar-refractivity contribution in [1.82, 2.24) is 0 Å². The van der Waals surface area contributed by atoms with Crippen molar-refractivity contribution in [2.24, 2.45) is 0 Å². The molecule has 0 aromatic carbocycles. The summed E-state index contributed by atoms with van der Waals surface area (Å²) in [5.74, 6) is -0.882. The predicted molar refractivity (Wildman–Crippen MR) is 221 cm³/mol. The summed E-state index contributed by atoms with van der Waals surface area (Å²) < 4.78 is 39.7. The molecule has 0 spiro atoms. The summed E-state index contributed by atoms with van der Waals surface area (Å²) in [6, 6.07) is 0. The highest BCUT2D eigenvalue weighted by atomic mass is 31.2. The molecule has 3 unspecified atom stereocenters. The Hall–Kier alpha value is -2.07. The quantitative estimate of drug-likeness (QED) is 0.0151. The number of rotatable bonds is 37. The Kier molecular flexibility index (Phi) is 30.5. The van der Waals surface area contributed by atoms with Crippen LogP contribution < -0.4 is 4.89 Å². The van der Waals surface area contributed by atoms with Crippen LogP contribution in [0, 0.1) is 0 Å². The van der Waals surface area contributed by atoms with Crippen LogP contribution in [0.4, 0.5) is 0 Å². The monoisotopic (exact) mass is 796 g/mol. The topological polar surface area (TPSA) is 124 Å². The zero-order valence-electron chi connectivity index (χ0n) is 35.3. The number of likely N-dealkylation sites (N-methyl/N-ethyl adjacent to an activating group) is 1. The maximum atomic E-state index is 12.7. The van der Waals surface area contributed by atoms with Gasteiger partial charge in [-0.1, -0.05) is 120 Å². The molecule has 0 N–H and O–H groups in total. The Labute approximate surface area is 335 Å². The van der Waals surface area contributed by atoms with E-state index in [9.17, 15) is 19.0 Å². The van der Waals surface area contributed by atoms with Crippen molar-refractivity contribution in [3.8, 4) is 0 Å². The molecule has 1 heterocycles. The Morgan fingerprint density at radius 3 is 1.95 bits per heavy atom. The average Bonchev–Trinajstić information content (AvgIpc) is 3.89. The van der Waals surface area contributed by atoms with Crippen LogP contribution in [0.2, 0.25) is 0 Å². The minimum atomic E-state index is -4.64. The van der Waals surface area contributed by atoms with Crippen LogP contribution in [0.25, 0.3) is 0 Å². The molecule has 1 saturated heterocycles. The molecule has 1 fully saturated rings. The number of esters is 2. The first-order chi connectivity index (χ1) is 26.5. The van der Waals surface area contributed by atoms with Crippen molar-refractivity contribution in [3.63, 3.8) is 0 Å². The van der Waals surface area contributed by atoms with Crippen LogP contribution in [0.1, 0.15) is 155 Å². The normalized spacial score (nSPS) is 17.8. The first-order valence-corrected chi connectivity index (χ1v) is 22.9. The van der Waals surface area contributed by atoms with Crippen LogP contribution in [-0.2, 0) is 37.4 Å². The number of epoxide rings is 1. The Morgan fingerprint density at radius 1 is 0.691 bits per heavy atom. The summed E-state index contributed by atoms with van der Waals surface area (Å²) in [4.78, 5) is 37.5. The van der Waals surface area contributed by atoms with Gasteiger partial charge in [-0.25, -0.2) is 0 Å². The molecule has 0 radical (unpaired) electrons. The fourth-order valence-electron chi connectivity index (χ4n) is 5.79. The van der Waals surface area contributed by atoms with Crippen molar-refractivity contribution in [3.05, 3.63) is 48.6 Å². The van der Waals surface area contributed by atoms with Crippen molar-refractivity contribution in [2.75, 3.05) is 47.5 Å². The fourth-order valence-corrected chi connectivity index (χ4v) is 6.52. The molecule has 0 aromatic heterocycles. The lowest BCUT2D eigenvalue weighted by atomic mass is 10.1. The van der Waals surface area contributed by atoms with Gasteiger partial charge >= 0.3 is 11.9 Å². The van der Waals surface area contributed by atoms with E-state index in [4.69, 9.17) is 23.3 Å². The van der Waals surface area contributed by atoms with Gasteiger partial charge in [0.05, 0.1) is 40.0 Å². The van der Waals surface area contributed by atoms with Crippen LogP contribution >= 0.6 is 7.82 Å². The molecule has 1 aliphatic heterocycles. The number of hydrogen-bond donors (Lipinski definition) is 0. The van der Waals surface area contributed by atoms with Crippen LogP contribution in [0.5, 0.6) is 0 Å². The molecular formula is C44H78NO9P. The number of ether oxygens (including phenoxy) is 3. The summed E-state index contributed by atoms with van der Waals surface area (Å²) in [6.07, 6.45) is 38.7. The van der Waals surface area contributed by atoms with Gasteiger partial charge in [0.15, 0.2) is 6.10 Å². The number of nitrogens with zero attached hydrogens (tertiary/aromatic N) is 1. The third-order valence-corrected chi connectivity index (χ3v) is 10.2. The van der Waals surface area contributed by atoms with Crippen LogP contribution in [-0.4, -0.2) is 82.2 Å². The highest BCUT2D eigenvalue weighted by Crippen LogP contribution is 2.38. The predicted octanol–water partition coefficient (Wildman–Crippen LogP) is 10.3. The SMILES string of the molecule is CC/C=C\C/C=C\C/C=C\CCCCCCCC(=O)OC[C@H](COP(=O)([O-])OCC[N+](C)(C)C)OC(=O)CCCCCCCC1OC1C/C=C\CCCCC. The highest BCUT2D eigenvalue weighted by molar-refractivity contribution is 7.45. The average molecular weight is 796 g/mol. The second-order valence-electron chi connectivity index (χ2n) is 15.7. The van der Waals surface area contributed by atoms with Crippen molar-refractivity contribution < 1.29 is 46.8 Å². The van der Waals surface area contributed by atoms with Gasteiger partial charge in [-0.15, -0.1) is 0 Å². The fraction of sp³-hybridized carbons (Fsp3) is 0.773. The van der Waals surface area contributed by atoms with E-state index in [0.29, 0.717) is 36.1 Å². The van der Waals surface area contributed by atoms with Gasteiger partial charge in [0, 0.05) is 12.8 Å². The molecule has 318 valence electrons. The maximum absolute atomic E-state index is 12.7. The van der Waals surface area contributed by atoms with E-state index in [1.807, 2.05) is 21.1 Å². The van der Waals surface area contributed by atoms with Gasteiger partial charge in [-0.3, -0.25) is 14.2 Å². The molecule has 10 nitrogen and oxygen atoms in total. The summed E-state index contributed by atoms with van der Waals surface area (Å²) in [5.41, 5.74) is 0. The van der Waals surface area contributed by atoms with E-state index in [1.165, 1.54) is 19.3 Å². The standard InChI is InChI=1S/C44H78NO9P/c1-6-8-10-12-14-15-16-17-18-19-20-21-22-26-30-34-43(46)50-38-40(39-52-55(48,49)51-37-36-45(3,4)5)53-44(47)35-31-27-23-25-29-33-42-41(54-42)32-28-24-13-11-9-7-2/h8,10,14-15,17-18,24,28,40-42H,6-7,9,11-13,16,19-23,25-27,29-39H2,1-5H3/b10-8-,15-14-,18-17-,28-24-/t40-,41?,42?/m1/s1. The van der Waals surface area contributed by atoms with E-state index in [-0.39, 0.29) is 26.1 Å². The number of carbonyl (C=O) groups excluding carboxylic acids is 2. The summed E-state index contributed by atoms with van der Waals surface area (Å²) >= 11 is 0. The van der Waals surface area contributed by atoms with E-state index in [0.717, 1.165) is 96.3 Å².